The molecule has 0 aliphatic carbocycles. The van der Waals surface area contributed by atoms with Crippen LogP contribution in [0.5, 0.6) is 0 Å². The lowest BCUT2D eigenvalue weighted by Crippen LogP contribution is -2.37. The van der Waals surface area contributed by atoms with Gasteiger partial charge in [0.05, 0.1) is 19.5 Å². The highest BCUT2D eigenvalue weighted by Crippen LogP contribution is 2.24. The molecule has 4 heteroatoms. The van der Waals surface area contributed by atoms with Crippen LogP contribution in [0.2, 0.25) is 18.6 Å². The summed E-state index contributed by atoms with van der Waals surface area (Å²) in [4.78, 5) is 2.47. The Kier molecular flexibility index (Phi) is 9.75. The second kappa shape index (κ2) is 11.0. The molecule has 0 aromatic rings. The van der Waals surface area contributed by atoms with Gasteiger partial charge >= 0.3 is 0 Å². The second-order valence-electron chi connectivity index (χ2n) is 7.65. The molecule has 0 spiro atoms. The van der Waals surface area contributed by atoms with Gasteiger partial charge in [0.1, 0.15) is 0 Å². The van der Waals surface area contributed by atoms with Gasteiger partial charge in [-0.05, 0) is 57.7 Å². The fraction of sp³-hybridized carbons (Fsp3) is 0.800. The van der Waals surface area contributed by atoms with Crippen LogP contribution >= 0.6 is 0 Å². The van der Waals surface area contributed by atoms with E-state index in [0.717, 1.165) is 32.7 Å². The van der Waals surface area contributed by atoms with Crippen LogP contribution in [0.1, 0.15) is 53.9 Å². The van der Waals surface area contributed by atoms with Crippen molar-refractivity contribution in [1.82, 2.24) is 4.90 Å². The Balaban J connectivity index is 2.71. The maximum Gasteiger partial charge on any atom is 0.247 e. The molecule has 3 nitrogen and oxygen atoms in total. The van der Waals surface area contributed by atoms with Gasteiger partial charge in [0.15, 0.2) is 0 Å². The summed E-state index contributed by atoms with van der Waals surface area (Å²) in [5, 5.41) is 0. The van der Waals surface area contributed by atoms with Crippen LogP contribution in [-0.2, 0) is 9.16 Å². The van der Waals surface area contributed by atoms with Crippen LogP contribution in [-0.4, -0.2) is 39.5 Å². The van der Waals surface area contributed by atoms with E-state index in [1.54, 1.807) is 0 Å². The molecule has 1 heterocycles. The summed E-state index contributed by atoms with van der Waals surface area (Å²) in [5.41, 5.74) is 2.80. The van der Waals surface area contributed by atoms with Crippen molar-refractivity contribution in [1.29, 1.82) is 0 Å². The number of ether oxygens (including phenoxy) is 1. The first kappa shape index (κ1) is 21.3. The van der Waals surface area contributed by atoms with Gasteiger partial charge in [-0.15, -0.1) is 0 Å². The summed E-state index contributed by atoms with van der Waals surface area (Å²) in [6.07, 6.45) is 7.99. The largest absolute Gasteiger partial charge is 0.548 e. The van der Waals surface area contributed by atoms with E-state index < -0.39 is 8.32 Å². The molecule has 0 bridgehead atoms. The third-order valence-corrected chi connectivity index (χ3v) is 8.84. The number of allylic oxidation sites excluding steroid dienone is 3. The van der Waals surface area contributed by atoms with Gasteiger partial charge < -0.3 is 14.1 Å². The SMILES string of the molecule is CC[Si](C)(CC)O/C=C(/CC(C)CCC=C(C)C)N1CCOCC1. The lowest BCUT2D eigenvalue weighted by atomic mass is 9.98. The van der Waals surface area contributed by atoms with Gasteiger partial charge in [-0.25, -0.2) is 0 Å². The summed E-state index contributed by atoms with van der Waals surface area (Å²) in [6, 6.07) is 2.35. The first-order chi connectivity index (χ1) is 11.4. The van der Waals surface area contributed by atoms with Crippen LogP contribution in [0.4, 0.5) is 0 Å². The van der Waals surface area contributed by atoms with E-state index in [1.807, 2.05) is 0 Å². The highest BCUT2D eigenvalue weighted by molar-refractivity contribution is 6.72. The van der Waals surface area contributed by atoms with Crippen LogP contribution in [0, 0.1) is 5.92 Å². The van der Waals surface area contributed by atoms with E-state index in [2.05, 4.69) is 58.4 Å². The van der Waals surface area contributed by atoms with Crippen LogP contribution in [0.25, 0.3) is 0 Å². The summed E-state index contributed by atoms with van der Waals surface area (Å²) in [7, 11) is -1.56. The first-order valence-corrected chi connectivity index (χ1v) is 12.6. The van der Waals surface area contributed by atoms with Crippen molar-refractivity contribution in [3.8, 4) is 0 Å². The Morgan fingerprint density at radius 1 is 1.21 bits per heavy atom. The molecule has 1 fully saturated rings. The number of nitrogens with zero attached hydrogens (tertiary/aromatic N) is 1. The van der Waals surface area contributed by atoms with Gasteiger partial charge in [-0.3, -0.25) is 0 Å². The molecule has 1 aliphatic rings. The molecule has 0 amide bonds. The number of morpholine rings is 1. The quantitative estimate of drug-likeness (QED) is 0.291. The van der Waals surface area contributed by atoms with Crippen molar-refractivity contribution >= 4 is 8.32 Å². The maximum absolute atomic E-state index is 6.37. The predicted octanol–water partition coefficient (Wildman–Crippen LogP) is 5.56. The maximum atomic E-state index is 6.37. The Morgan fingerprint density at radius 2 is 1.83 bits per heavy atom. The van der Waals surface area contributed by atoms with Crippen molar-refractivity contribution in [2.24, 2.45) is 5.92 Å². The van der Waals surface area contributed by atoms with Gasteiger partial charge in [-0.1, -0.05) is 32.4 Å². The summed E-state index contributed by atoms with van der Waals surface area (Å²) in [5.74, 6) is 0.675. The third-order valence-electron chi connectivity index (χ3n) is 5.16. The molecule has 0 N–H and O–H groups in total. The summed E-state index contributed by atoms with van der Waals surface area (Å²) in [6.45, 7) is 17.2. The van der Waals surface area contributed by atoms with Crippen molar-refractivity contribution in [3.63, 3.8) is 0 Å². The molecule has 0 aromatic carbocycles. The minimum Gasteiger partial charge on any atom is -0.548 e. The van der Waals surface area contributed by atoms with Crippen molar-refractivity contribution in [2.45, 2.75) is 72.5 Å². The zero-order valence-corrected chi connectivity index (χ0v) is 17.9. The van der Waals surface area contributed by atoms with Crippen molar-refractivity contribution in [3.05, 3.63) is 23.6 Å². The van der Waals surface area contributed by atoms with Crippen molar-refractivity contribution < 1.29 is 9.16 Å². The lowest BCUT2D eigenvalue weighted by molar-refractivity contribution is 0.0498. The Morgan fingerprint density at radius 3 is 2.38 bits per heavy atom. The fourth-order valence-electron chi connectivity index (χ4n) is 2.84. The minimum absolute atomic E-state index is 0.675. The van der Waals surface area contributed by atoms with Crippen molar-refractivity contribution in [2.75, 3.05) is 26.3 Å². The average molecular weight is 354 g/mol. The standard InChI is InChI=1S/C20H39NO2Si/c1-7-24(6,8-2)23-17-20(21-12-14-22-15-13-21)16-19(5)11-9-10-18(3)4/h10,17,19H,7-9,11-16H2,1-6H3/b20-17-. The Labute approximate surface area is 151 Å². The normalized spacial score (nSPS) is 17.6. The number of hydrogen-bond acceptors (Lipinski definition) is 3. The highest BCUT2D eigenvalue weighted by atomic mass is 28.4. The van der Waals surface area contributed by atoms with E-state index in [-0.39, 0.29) is 0 Å². The van der Waals surface area contributed by atoms with Gasteiger partial charge in [-0.2, -0.15) is 0 Å². The van der Waals surface area contributed by atoms with Gasteiger partial charge in [0.25, 0.3) is 0 Å². The zero-order chi connectivity index (χ0) is 18.0. The van der Waals surface area contributed by atoms with Crippen LogP contribution in [0.15, 0.2) is 23.6 Å². The Bertz CT molecular complexity index is 406. The van der Waals surface area contributed by atoms with E-state index >= 15 is 0 Å². The number of hydrogen-bond donors (Lipinski definition) is 0. The molecule has 1 atom stereocenters. The van der Waals surface area contributed by atoms with Gasteiger partial charge in [0.2, 0.25) is 8.32 Å². The molecule has 1 saturated heterocycles. The second-order valence-corrected chi connectivity index (χ2v) is 12.2. The molecule has 24 heavy (non-hydrogen) atoms. The van der Waals surface area contributed by atoms with E-state index in [0.29, 0.717) is 5.92 Å². The van der Waals surface area contributed by atoms with E-state index in [4.69, 9.17) is 9.16 Å². The third kappa shape index (κ3) is 7.89. The highest BCUT2D eigenvalue weighted by Gasteiger charge is 2.26. The summed E-state index contributed by atoms with van der Waals surface area (Å²) >= 11 is 0. The summed E-state index contributed by atoms with van der Waals surface area (Å²) < 4.78 is 11.9. The number of rotatable bonds is 10. The average Bonchev–Trinajstić information content (AvgIpc) is 2.58. The van der Waals surface area contributed by atoms with Gasteiger partial charge in [0, 0.05) is 18.8 Å². The minimum atomic E-state index is -1.56. The van der Waals surface area contributed by atoms with Crippen LogP contribution < -0.4 is 0 Å². The molecule has 0 radical (unpaired) electrons. The molecular weight excluding hydrogens is 314 g/mol. The first-order valence-electron chi connectivity index (χ1n) is 9.73. The Hall–Kier alpha value is -0.743. The molecule has 140 valence electrons. The van der Waals surface area contributed by atoms with E-state index in [1.165, 1.54) is 36.2 Å². The lowest BCUT2D eigenvalue weighted by Gasteiger charge is -2.33. The molecule has 1 aliphatic heterocycles. The molecule has 1 unspecified atom stereocenters. The smallest absolute Gasteiger partial charge is 0.247 e. The molecular formula is C20H39NO2Si. The fourth-order valence-corrected chi connectivity index (χ4v) is 4.10. The van der Waals surface area contributed by atoms with Crippen LogP contribution in [0.3, 0.4) is 0 Å². The molecule has 0 saturated carbocycles. The molecule has 1 rings (SSSR count). The molecule has 0 aromatic heterocycles. The monoisotopic (exact) mass is 353 g/mol. The topological polar surface area (TPSA) is 21.7 Å². The predicted molar refractivity (Wildman–Crippen MR) is 107 cm³/mol. The zero-order valence-electron chi connectivity index (χ0n) is 16.9. The van der Waals surface area contributed by atoms with E-state index in [9.17, 15) is 0 Å².